The van der Waals surface area contributed by atoms with Crippen molar-refractivity contribution in [3.05, 3.63) is 53.3 Å². The number of rotatable bonds is 6. The minimum absolute atomic E-state index is 0.287. The van der Waals surface area contributed by atoms with Gasteiger partial charge >= 0.3 is 0 Å². The number of aliphatic hydroxyl groups is 1. The van der Waals surface area contributed by atoms with Gasteiger partial charge in [-0.1, -0.05) is 6.07 Å². The zero-order valence-corrected chi connectivity index (χ0v) is 14.4. The van der Waals surface area contributed by atoms with E-state index in [4.69, 9.17) is 5.11 Å². The number of thiazole rings is 1. The number of nitrogens with one attached hydrogen (secondary N) is 2. The molecule has 0 saturated carbocycles. The lowest BCUT2D eigenvalue weighted by molar-refractivity contribution is -0.123. The molecule has 7 nitrogen and oxygen atoms in total. The van der Waals surface area contributed by atoms with Crippen molar-refractivity contribution in [1.29, 1.82) is 0 Å². The first-order valence-corrected chi connectivity index (χ1v) is 8.45. The van der Waals surface area contributed by atoms with Gasteiger partial charge in [-0.05, 0) is 36.8 Å². The Morgan fingerprint density at radius 3 is 2.92 bits per heavy atom. The molecule has 1 amide bonds. The van der Waals surface area contributed by atoms with E-state index in [1.165, 1.54) is 11.3 Å². The molecule has 0 atom stereocenters. The Kier molecular flexibility index (Phi) is 5.32. The van der Waals surface area contributed by atoms with Crippen molar-refractivity contribution in [1.82, 2.24) is 20.3 Å². The summed E-state index contributed by atoms with van der Waals surface area (Å²) in [6.45, 7) is 1.76. The normalized spacial score (nSPS) is 10.5. The molecule has 3 aromatic heterocycles. The summed E-state index contributed by atoms with van der Waals surface area (Å²) in [5.41, 5.74) is 1.90. The van der Waals surface area contributed by atoms with Gasteiger partial charge in [0.05, 0.1) is 17.1 Å². The van der Waals surface area contributed by atoms with Crippen LogP contribution in [0.2, 0.25) is 0 Å². The molecular weight excluding hydrogens is 338 g/mol. The molecule has 0 aliphatic heterocycles. The Balaban J connectivity index is 1.73. The van der Waals surface area contributed by atoms with Crippen molar-refractivity contribution in [3.8, 4) is 10.6 Å². The molecular formula is C17H17N5O2S. The predicted molar refractivity (Wildman–Crippen MR) is 96.5 cm³/mol. The van der Waals surface area contributed by atoms with Gasteiger partial charge in [-0.2, -0.15) is 0 Å². The quantitative estimate of drug-likeness (QED) is 0.627. The number of nitrogens with zero attached hydrogens (tertiary/aromatic N) is 3. The maximum absolute atomic E-state index is 11.1. The van der Waals surface area contributed by atoms with Crippen LogP contribution in [0.15, 0.2) is 42.7 Å². The largest absolute Gasteiger partial charge is 0.387 e. The summed E-state index contributed by atoms with van der Waals surface area (Å²) in [6, 6.07) is 9.56. The van der Waals surface area contributed by atoms with Gasteiger partial charge in [-0.15, -0.1) is 11.3 Å². The molecule has 0 radical (unpaired) electrons. The standard InChI is InChI=1S/C17H17N5O2S/c1-11-5-6-18-15(7-11)22-14-4-2-3-12(21-14)13-8-20-17(25-13)9-19-16(24)10-23/h2-8,23H,9-10H2,1H3,(H,19,24)(H,18,21,22). The first-order valence-electron chi connectivity index (χ1n) is 7.63. The molecule has 0 aliphatic rings. The fourth-order valence-electron chi connectivity index (χ4n) is 2.12. The van der Waals surface area contributed by atoms with Crippen LogP contribution in [-0.2, 0) is 11.3 Å². The number of pyridine rings is 2. The molecule has 3 N–H and O–H groups in total. The van der Waals surface area contributed by atoms with Crippen LogP contribution in [-0.4, -0.2) is 32.6 Å². The second kappa shape index (κ2) is 7.82. The van der Waals surface area contributed by atoms with E-state index in [0.29, 0.717) is 5.82 Å². The van der Waals surface area contributed by atoms with Gasteiger partial charge in [0.2, 0.25) is 5.91 Å². The van der Waals surface area contributed by atoms with E-state index >= 15 is 0 Å². The summed E-state index contributed by atoms with van der Waals surface area (Å²) < 4.78 is 0. The van der Waals surface area contributed by atoms with Gasteiger partial charge in [0, 0.05) is 12.4 Å². The molecule has 0 fully saturated rings. The van der Waals surface area contributed by atoms with E-state index < -0.39 is 12.5 Å². The van der Waals surface area contributed by atoms with Gasteiger partial charge in [-0.25, -0.2) is 15.0 Å². The van der Waals surface area contributed by atoms with Crippen LogP contribution in [0.4, 0.5) is 11.6 Å². The van der Waals surface area contributed by atoms with E-state index in [2.05, 4.69) is 25.6 Å². The lowest BCUT2D eigenvalue weighted by Crippen LogP contribution is -2.25. The molecule has 25 heavy (non-hydrogen) atoms. The van der Waals surface area contributed by atoms with Crippen LogP contribution in [0.3, 0.4) is 0 Å². The molecule has 0 aromatic carbocycles. The number of anilines is 2. The zero-order chi connectivity index (χ0) is 17.6. The lowest BCUT2D eigenvalue weighted by Gasteiger charge is -2.06. The third-order valence-corrected chi connectivity index (χ3v) is 4.33. The summed E-state index contributed by atoms with van der Waals surface area (Å²) in [5, 5.41) is 15.2. The molecule has 0 aliphatic carbocycles. The first-order chi connectivity index (χ1) is 12.1. The second-order valence-corrected chi connectivity index (χ2v) is 6.42. The summed E-state index contributed by atoms with van der Waals surface area (Å²) in [7, 11) is 0. The molecule has 3 heterocycles. The van der Waals surface area contributed by atoms with Crippen LogP contribution in [0, 0.1) is 6.92 Å². The maximum Gasteiger partial charge on any atom is 0.246 e. The SMILES string of the molecule is Cc1ccnc(Nc2cccc(-c3cnc(CNC(=O)CO)s3)n2)c1. The van der Waals surface area contributed by atoms with Crippen molar-refractivity contribution >= 4 is 28.9 Å². The van der Waals surface area contributed by atoms with Gasteiger partial charge < -0.3 is 15.7 Å². The Labute approximate surface area is 148 Å². The van der Waals surface area contributed by atoms with Crippen molar-refractivity contribution in [2.75, 3.05) is 11.9 Å². The average Bonchev–Trinajstić information content (AvgIpc) is 3.09. The van der Waals surface area contributed by atoms with E-state index in [9.17, 15) is 4.79 Å². The van der Waals surface area contributed by atoms with Gasteiger partial charge in [0.1, 0.15) is 23.3 Å². The summed E-state index contributed by atoms with van der Waals surface area (Å²) in [6.07, 6.45) is 3.47. The van der Waals surface area contributed by atoms with Crippen molar-refractivity contribution in [2.24, 2.45) is 0 Å². The van der Waals surface area contributed by atoms with Crippen LogP contribution in [0.5, 0.6) is 0 Å². The number of hydrogen-bond donors (Lipinski definition) is 3. The maximum atomic E-state index is 11.1. The molecule has 0 unspecified atom stereocenters. The van der Waals surface area contributed by atoms with Gasteiger partial charge in [0.15, 0.2) is 0 Å². The number of amides is 1. The van der Waals surface area contributed by atoms with Crippen molar-refractivity contribution < 1.29 is 9.90 Å². The predicted octanol–water partition coefficient (Wildman–Crippen LogP) is 2.26. The highest BCUT2D eigenvalue weighted by Gasteiger charge is 2.08. The smallest absolute Gasteiger partial charge is 0.246 e. The molecule has 8 heteroatoms. The van der Waals surface area contributed by atoms with Crippen LogP contribution in [0.1, 0.15) is 10.6 Å². The Bertz CT molecular complexity index is 881. The number of aryl methyl sites for hydroxylation is 1. The fraction of sp³-hybridized carbons (Fsp3) is 0.176. The van der Waals surface area contributed by atoms with Crippen LogP contribution >= 0.6 is 11.3 Å². The monoisotopic (exact) mass is 355 g/mol. The van der Waals surface area contributed by atoms with Crippen molar-refractivity contribution in [3.63, 3.8) is 0 Å². The topological polar surface area (TPSA) is 100 Å². The molecule has 0 bridgehead atoms. The van der Waals surface area contributed by atoms with E-state index in [-0.39, 0.29) is 6.54 Å². The minimum Gasteiger partial charge on any atom is -0.387 e. The highest BCUT2D eigenvalue weighted by atomic mass is 32.1. The Morgan fingerprint density at radius 1 is 1.24 bits per heavy atom. The first kappa shape index (κ1) is 17.0. The molecule has 3 rings (SSSR count). The highest BCUT2D eigenvalue weighted by Crippen LogP contribution is 2.26. The lowest BCUT2D eigenvalue weighted by atomic mass is 10.3. The van der Waals surface area contributed by atoms with Crippen LogP contribution < -0.4 is 10.6 Å². The summed E-state index contributed by atoms with van der Waals surface area (Å²) >= 11 is 1.44. The molecule has 3 aromatic rings. The zero-order valence-electron chi connectivity index (χ0n) is 13.6. The summed E-state index contributed by atoms with van der Waals surface area (Å²) in [4.78, 5) is 25.1. The number of aliphatic hydroxyl groups excluding tert-OH is 1. The number of carbonyl (C=O) groups is 1. The number of carbonyl (C=O) groups excluding carboxylic acids is 1. The number of hydrogen-bond acceptors (Lipinski definition) is 7. The van der Waals surface area contributed by atoms with Gasteiger partial charge in [0.25, 0.3) is 0 Å². The van der Waals surface area contributed by atoms with E-state index in [0.717, 1.165) is 27.0 Å². The third kappa shape index (κ3) is 4.59. The summed E-state index contributed by atoms with van der Waals surface area (Å²) in [5.74, 6) is 1.01. The molecule has 128 valence electrons. The Morgan fingerprint density at radius 2 is 2.12 bits per heavy atom. The van der Waals surface area contributed by atoms with Gasteiger partial charge in [-0.3, -0.25) is 4.79 Å². The van der Waals surface area contributed by atoms with E-state index in [1.54, 1.807) is 12.4 Å². The minimum atomic E-state index is -0.527. The third-order valence-electron chi connectivity index (χ3n) is 3.31. The second-order valence-electron chi connectivity index (χ2n) is 5.30. The van der Waals surface area contributed by atoms with Crippen molar-refractivity contribution in [2.45, 2.75) is 13.5 Å². The molecule has 0 saturated heterocycles. The molecule has 0 spiro atoms. The highest BCUT2D eigenvalue weighted by molar-refractivity contribution is 7.15. The number of aromatic nitrogens is 3. The average molecular weight is 355 g/mol. The van der Waals surface area contributed by atoms with E-state index in [1.807, 2.05) is 37.3 Å². The van der Waals surface area contributed by atoms with Crippen LogP contribution in [0.25, 0.3) is 10.6 Å². The fourth-order valence-corrected chi connectivity index (χ4v) is 2.95. The Hall–Kier alpha value is -2.84.